The summed E-state index contributed by atoms with van der Waals surface area (Å²) in [5.74, 6) is 0.491. The summed E-state index contributed by atoms with van der Waals surface area (Å²) in [5, 5.41) is 6.75. The Bertz CT molecular complexity index is 748. The fourth-order valence-electron chi connectivity index (χ4n) is 3.51. The van der Waals surface area contributed by atoms with Gasteiger partial charge >= 0.3 is 0 Å². The average Bonchev–Trinajstić information content (AvgIpc) is 2.72. The van der Waals surface area contributed by atoms with Gasteiger partial charge in [-0.15, -0.1) is 24.0 Å². The van der Waals surface area contributed by atoms with Crippen molar-refractivity contribution < 1.29 is 9.13 Å². The first-order chi connectivity index (χ1) is 13.2. The molecule has 2 aromatic rings. The Balaban J connectivity index is 0.00000280. The van der Waals surface area contributed by atoms with Crippen LogP contribution in [-0.2, 0) is 16.7 Å². The fourth-order valence-corrected chi connectivity index (χ4v) is 3.51. The zero-order valence-corrected chi connectivity index (χ0v) is 18.6. The third-order valence-corrected chi connectivity index (χ3v) is 5.14. The molecular formula is C22H29FIN3O. The molecule has 4 nitrogen and oxygen atoms in total. The molecule has 1 saturated heterocycles. The first kappa shape index (κ1) is 22.6. The second kappa shape index (κ2) is 11.4. The van der Waals surface area contributed by atoms with Crippen LogP contribution in [0.5, 0.6) is 0 Å². The Hall–Kier alpha value is -1.67. The van der Waals surface area contributed by atoms with E-state index in [9.17, 15) is 4.39 Å². The van der Waals surface area contributed by atoms with Crippen LogP contribution in [0.1, 0.15) is 30.9 Å². The van der Waals surface area contributed by atoms with Gasteiger partial charge in [-0.1, -0.05) is 48.5 Å². The molecule has 1 heterocycles. The van der Waals surface area contributed by atoms with Gasteiger partial charge in [-0.2, -0.15) is 0 Å². The van der Waals surface area contributed by atoms with E-state index in [0.29, 0.717) is 18.1 Å². The van der Waals surface area contributed by atoms with Crippen LogP contribution in [0.2, 0.25) is 0 Å². The van der Waals surface area contributed by atoms with Gasteiger partial charge in [-0.25, -0.2) is 9.38 Å². The Labute approximate surface area is 184 Å². The Morgan fingerprint density at radius 3 is 2.39 bits per heavy atom. The van der Waals surface area contributed by atoms with Crippen LogP contribution in [0.25, 0.3) is 0 Å². The van der Waals surface area contributed by atoms with E-state index in [1.54, 1.807) is 12.1 Å². The van der Waals surface area contributed by atoms with Crippen molar-refractivity contribution in [3.8, 4) is 0 Å². The molecule has 0 bridgehead atoms. The zero-order valence-electron chi connectivity index (χ0n) is 16.3. The van der Waals surface area contributed by atoms with Gasteiger partial charge in [0, 0.05) is 37.3 Å². The van der Waals surface area contributed by atoms with E-state index >= 15 is 0 Å². The smallest absolute Gasteiger partial charge is 0.191 e. The number of guanidine groups is 1. The van der Waals surface area contributed by atoms with Crippen LogP contribution in [0, 0.1) is 5.82 Å². The van der Waals surface area contributed by atoms with Crippen molar-refractivity contribution in [1.29, 1.82) is 0 Å². The van der Waals surface area contributed by atoms with Gasteiger partial charge in [0.1, 0.15) is 5.82 Å². The van der Waals surface area contributed by atoms with Crippen molar-refractivity contribution >= 4 is 29.9 Å². The van der Waals surface area contributed by atoms with Crippen molar-refractivity contribution in [2.75, 3.05) is 26.3 Å². The molecular weight excluding hydrogens is 468 g/mol. The standard InChI is InChI=1S/C22H28FN3O.HI/c1-2-24-21(25-16-18-8-6-7-11-20(18)23)26-17-22(12-14-27-15-13-22)19-9-4-3-5-10-19;/h3-11H,2,12-17H2,1H3,(H2,24,25,26);1H. The summed E-state index contributed by atoms with van der Waals surface area (Å²) in [5.41, 5.74) is 1.94. The maximum atomic E-state index is 13.9. The highest BCUT2D eigenvalue weighted by atomic mass is 127. The van der Waals surface area contributed by atoms with Crippen molar-refractivity contribution in [3.05, 3.63) is 71.5 Å². The summed E-state index contributed by atoms with van der Waals surface area (Å²) >= 11 is 0. The normalized spacial score (nSPS) is 16.1. The first-order valence-corrected chi connectivity index (χ1v) is 9.62. The van der Waals surface area contributed by atoms with Gasteiger partial charge in [-0.05, 0) is 31.4 Å². The van der Waals surface area contributed by atoms with Crippen molar-refractivity contribution in [2.45, 2.75) is 31.7 Å². The minimum absolute atomic E-state index is 0. The number of benzene rings is 2. The number of nitrogens with zero attached hydrogens (tertiary/aromatic N) is 1. The van der Waals surface area contributed by atoms with Crippen molar-refractivity contribution in [3.63, 3.8) is 0 Å². The molecule has 2 aromatic carbocycles. The number of ether oxygens (including phenoxy) is 1. The monoisotopic (exact) mass is 497 g/mol. The minimum atomic E-state index is -0.220. The molecule has 0 aromatic heterocycles. The first-order valence-electron chi connectivity index (χ1n) is 9.62. The number of aliphatic imine (C=N–C) groups is 1. The topological polar surface area (TPSA) is 45.7 Å². The van der Waals surface area contributed by atoms with Gasteiger partial charge in [0.15, 0.2) is 5.96 Å². The predicted octanol–water partition coefficient (Wildman–Crippen LogP) is 4.25. The lowest BCUT2D eigenvalue weighted by molar-refractivity contribution is 0.0514. The minimum Gasteiger partial charge on any atom is -0.381 e. The Morgan fingerprint density at radius 2 is 1.71 bits per heavy atom. The highest BCUT2D eigenvalue weighted by Gasteiger charge is 2.34. The largest absolute Gasteiger partial charge is 0.381 e. The molecule has 0 atom stereocenters. The number of nitrogens with one attached hydrogen (secondary N) is 2. The number of hydrogen-bond donors (Lipinski definition) is 2. The van der Waals surface area contributed by atoms with Crippen LogP contribution in [0.3, 0.4) is 0 Å². The van der Waals surface area contributed by atoms with Gasteiger partial charge < -0.3 is 15.4 Å². The van der Waals surface area contributed by atoms with Gasteiger partial charge in [0.05, 0.1) is 6.54 Å². The zero-order chi connectivity index (χ0) is 19.0. The maximum absolute atomic E-state index is 13.9. The summed E-state index contributed by atoms with van der Waals surface area (Å²) in [6, 6.07) is 17.4. The number of hydrogen-bond acceptors (Lipinski definition) is 2. The van der Waals surface area contributed by atoms with E-state index < -0.39 is 0 Å². The van der Waals surface area contributed by atoms with E-state index in [-0.39, 0.29) is 35.2 Å². The molecule has 0 saturated carbocycles. The molecule has 6 heteroatoms. The predicted molar refractivity (Wildman–Crippen MR) is 123 cm³/mol. The van der Waals surface area contributed by atoms with Crippen LogP contribution < -0.4 is 10.6 Å². The molecule has 2 N–H and O–H groups in total. The van der Waals surface area contributed by atoms with Crippen LogP contribution in [-0.4, -0.2) is 32.3 Å². The summed E-state index contributed by atoms with van der Waals surface area (Å²) in [7, 11) is 0. The molecule has 1 fully saturated rings. The Morgan fingerprint density at radius 1 is 1.04 bits per heavy atom. The lowest BCUT2D eigenvalue weighted by atomic mass is 9.74. The third kappa shape index (κ3) is 5.91. The maximum Gasteiger partial charge on any atom is 0.191 e. The SMILES string of the molecule is CCNC(=NCc1ccccc1F)NCC1(c2ccccc2)CCOCC1.I. The summed E-state index contributed by atoms with van der Waals surface area (Å²) in [6.07, 6.45) is 1.94. The molecule has 3 rings (SSSR count). The molecule has 28 heavy (non-hydrogen) atoms. The Kier molecular flexibility index (Phi) is 9.18. The highest BCUT2D eigenvalue weighted by Crippen LogP contribution is 2.34. The van der Waals surface area contributed by atoms with Crippen LogP contribution >= 0.6 is 24.0 Å². The summed E-state index contributed by atoms with van der Waals surface area (Å²) in [6.45, 7) is 5.39. The lowest BCUT2D eigenvalue weighted by Gasteiger charge is -2.38. The fraction of sp³-hybridized carbons (Fsp3) is 0.409. The molecule has 0 amide bonds. The lowest BCUT2D eigenvalue weighted by Crippen LogP contribution is -2.48. The van der Waals surface area contributed by atoms with Crippen LogP contribution in [0.4, 0.5) is 4.39 Å². The molecule has 0 spiro atoms. The second-order valence-corrected chi connectivity index (χ2v) is 6.90. The molecule has 1 aliphatic rings. The van der Waals surface area contributed by atoms with E-state index in [1.165, 1.54) is 11.6 Å². The van der Waals surface area contributed by atoms with E-state index in [4.69, 9.17) is 4.74 Å². The van der Waals surface area contributed by atoms with E-state index in [2.05, 4.69) is 39.9 Å². The highest BCUT2D eigenvalue weighted by molar-refractivity contribution is 14.0. The third-order valence-electron chi connectivity index (χ3n) is 5.14. The molecule has 1 aliphatic heterocycles. The average molecular weight is 497 g/mol. The second-order valence-electron chi connectivity index (χ2n) is 6.90. The summed E-state index contributed by atoms with van der Waals surface area (Å²) in [4.78, 5) is 4.58. The molecule has 0 radical (unpaired) electrons. The van der Waals surface area contributed by atoms with Crippen molar-refractivity contribution in [1.82, 2.24) is 10.6 Å². The van der Waals surface area contributed by atoms with Crippen molar-refractivity contribution in [2.24, 2.45) is 4.99 Å². The van der Waals surface area contributed by atoms with Gasteiger partial charge in [0.2, 0.25) is 0 Å². The summed E-state index contributed by atoms with van der Waals surface area (Å²) < 4.78 is 19.5. The van der Waals surface area contributed by atoms with Gasteiger partial charge in [0.25, 0.3) is 0 Å². The number of halogens is 2. The number of rotatable bonds is 6. The molecule has 0 aliphatic carbocycles. The van der Waals surface area contributed by atoms with E-state index in [0.717, 1.165) is 39.1 Å². The van der Waals surface area contributed by atoms with Gasteiger partial charge in [-0.3, -0.25) is 0 Å². The molecule has 152 valence electrons. The van der Waals surface area contributed by atoms with E-state index in [1.807, 2.05) is 19.1 Å². The quantitative estimate of drug-likeness (QED) is 0.357. The van der Waals surface area contributed by atoms with Crippen LogP contribution in [0.15, 0.2) is 59.6 Å². The molecule has 0 unspecified atom stereocenters.